The van der Waals surface area contributed by atoms with Crippen LogP contribution in [0.25, 0.3) is 0 Å². The number of benzene rings is 1. The molecule has 8 heteroatoms. The number of halogens is 1. The molecule has 1 aliphatic rings. The van der Waals surface area contributed by atoms with Gasteiger partial charge in [0.25, 0.3) is 5.91 Å². The zero-order valence-corrected chi connectivity index (χ0v) is 14.8. The van der Waals surface area contributed by atoms with E-state index in [1.165, 1.54) is 0 Å². The van der Waals surface area contributed by atoms with Gasteiger partial charge in [-0.15, -0.1) is 5.10 Å². The van der Waals surface area contributed by atoms with Crippen molar-refractivity contribution in [1.29, 1.82) is 0 Å². The van der Waals surface area contributed by atoms with Gasteiger partial charge in [-0.05, 0) is 50.2 Å². The lowest BCUT2D eigenvalue weighted by Gasteiger charge is -2.22. The first-order valence-electron chi connectivity index (χ1n) is 8.01. The molecule has 1 saturated heterocycles. The Balaban J connectivity index is 1.43. The zero-order valence-electron chi connectivity index (χ0n) is 13.2. The summed E-state index contributed by atoms with van der Waals surface area (Å²) < 4.78 is 8.36. The summed E-state index contributed by atoms with van der Waals surface area (Å²) in [5.41, 5.74) is 0.345. The van der Waals surface area contributed by atoms with Crippen molar-refractivity contribution < 1.29 is 9.53 Å². The van der Waals surface area contributed by atoms with Crippen molar-refractivity contribution in [1.82, 2.24) is 25.6 Å². The lowest BCUT2D eigenvalue weighted by Crippen LogP contribution is -2.30. The van der Waals surface area contributed by atoms with Crippen LogP contribution in [0.1, 0.15) is 29.4 Å². The summed E-state index contributed by atoms with van der Waals surface area (Å²) >= 11 is 3.37. The molecular formula is C16H20BrN5O2. The predicted octanol–water partition coefficient (Wildman–Crippen LogP) is 1.77. The van der Waals surface area contributed by atoms with E-state index in [9.17, 15) is 4.79 Å². The molecule has 0 atom stereocenters. The molecule has 1 aliphatic heterocycles. The molecule has 1 aromatic heterocycles. The zero-order chi connectivity index (χ0) is 16.8. The molecule has 0 aliphatic carbocycles. The minimum absolute atomic E-state index is 0.227. The van der Waals surface area contributed by atoms with Gasteiger partial charge in [-0.25, -0.2) is 4.68 Å². The molecule has 0 spiro atoms. The third kappa shape index (κ3) is 4.55. The van der Waals surface area contributed by atoms with Crippen LogP contribution in [0.15, 0.2) is 34.9 Å². The number of carbonyl (C=O) groups is 1. The van der Waals surface area contributed by atoms with Gasteiger partial charge in [-0.2, -0.15) is 0 Å². The van der Waals surface area contributed by atoms with E-state index < -0.39 is 0 Å². The summed E-state index contributed by atoms with van der Waals surface area (Å²) in [5, 5.41) is 14.2. The standard InChI is InChI=1S/C16H20BrN5O2/c17-12-1-3-14(4-2-12)24-10-9-19-16(23)15-11-22(21-20-15)13-5-7-18-8-6-13/h1-4,11,13,18H,5-10H2,(H,19,23). The third-order valence-corrected chi connectivity index (χ3v) is 4.42. The molecule has 0 unspecified atom stereocenters. The normalized spacial score (nSPS) is 15.2. The van der Waals surface area contributed by atoms with Gasteiger partial charge in [0.1, 0.15) is 12.4 Å². The number of ether oxygens (including phenoxy) is 1. The van der Waals surface area contributed by atoms with Gasteiger partial charge in [0.05, 0.1) is 18.8 Å². The van der Waals surface area contributed by atoms with Crippen LogP contribution in [0.5, 0.6) is 5.75 Å². The van der Waals surface area contributed by atoms with E-state index in [0.717, 1.165) is 36.2 Å². The molecule has 0 radical (unpaired) electrons. The van der Waals surface area contributed by atoms with Crippen molar-refractivity contribution in [2.24, 2.45) is 0 Å². The van der Waals surface area contributed by atoms with Crippen molar-refractivity contribution in [3.05, 3.63) is 40.6 Å². The number of amides is 1. The van der Waals surface area contributed by atoms with E-state index in [1.54, 1.807) is 10.9 Å². The van der Waals surface area contributed by atoms with Crippen LogP contribution in [0.2, 0.25) is 0 Å². The fourth-order valence-corrected chi connectivity index (χ4v) is 2.85. The van der Waals surface area contributed by atoms with E-state index in [0.29, 0.717) is 24.9 Å². The summed E-state index contributed by atoms with van der Waals surface area (Å²) in [5.74, 6) is 0.541. The van der Waals surface area contributed by atoms with Crippen LogP contribution in [0, 0.1) is 0 Å². The van der Waals surface area contributed by atoms with Gasteiger partial charge in [-0.3, -0.25) is 4.79 Å². The Labute approximate surface area is 148 Å². The monoisotopic (exact) mass is 393 g/mol. The fraction of sp³-hybridized carbons (Fsp3) is 0.438. The average Bonchev–Trinajstić information content (AvgIpc) is 3.11. The van der Waals surface area contributed by atoms with Crippen molar-refractivity contribution >= 4 is 21.8 Å². The maximum atomic E-state index is 12.1. The fourth-order valence-electron chi connectivity index (χ4n) is 2.59. The van der Waals surface area contributed by atoms with Crippen molar-refractivity contribution in [3.8, 4) is 5.75 Å². The second-order valence-corrected chi connectivity index (χ2v) is 6.54. The van der Waals surface area contributed by atoms with Gasteiger partial charge in [0.2, 0.25) is 0 Å². The Bertz CT molecular complexity index is 667. The number of piperidine rings is 1. The number of nitrogens with zero attached hydrogens (tertiary/aromatic N) is 3. The lowest BCUT2D eigenvalue weighted by atomic mass is 10.1. The number of nitrogens with one attached hydrogen (secondary N) is 2. The minimum atomic E-state index is -0.227. The van der Waals surface area contributed by atoms with Crippen LogP contribution in [0.4, 0.5) is 0 Å². The van der Waals surface area contributed by atoms with Crippen molar-refractivity contribution in [2.75, 3.05) is 26.2 Å². The van der Waals surface area contributed by atoms with Crippen molar-refractivity contribution in [3.63, 3.8) is 0 Å². The molecule has 2 aromatic rings. The minimum Gasteiger partial charge on any atom is -0.492 e. The molecule has 1 aromatic carbocycles. The topological polar surface area (TPSA) is 81.1 Å². The van der Waals surface area contributed by atoms with Crippen LogP contribution in [-0.2, 0) is 0 Å². The van der Waals surface area contributed by atoms with Crippen LogP contribution in [-0.4, -0.2) is 47.1 Å². The smallest absolute Gasteiger partial charge is 0.273 e. The Kier molecular flexibility index (Phi) is 5.81. The van der Waals surface area contributed by atoms with Crippen LogP contribution in [0.3, 0.4) is 0 Å². The Morgan fingerprint density at radius 3 is 2.83 bits per heavy atom. The first-order valence-corrected chi connectivity index (χ1v) is 8.81. The highest BCUT2D eigenvalue weighted by Crippen LogP contribution is 2.17. The third-order valence-electron chi connectivity index (χ3n) is 3.90. The van der Waals surface area contributed by atoms with Crippen molar-refractivity contribution in [2.45, 2.75) is 18.9 Å². The second kappa shape index (κ2) is 8.25. The van der Waals surface area contributed by atoms with E-state index in [-0.39, 0.29) is 5.91 Å². The summed E-state index contributed by atoms with van der Waals surface area (Å²) in [6.07, 6.45) is 3.73. The number of rotatable bonds is 6. The Hall–Kier alpha value is -1.93. The maximum absolute atomic E-state index is 12.1. The summed E-state index contributed by atoms with van der Waals surface area (Å²) in [7, 11) is 0. The molecule has 2 heterocycles. The molecule has 1 fully saturated rings. The van der Waals surface area contributed by atoms with E-state index in [1.807, 2.05) is 24.3 Å². The number of hydrogen-bond donors (Lipinski definition) is 2. The van der Waals surface area contributed by atoms with E-state index in [4.69, 9.17) is 4.74 Å². The maximum Gasteiger partial charge on any atom is 0.273 e. The van der Waals surface area contributed by atoms with E-state index in [2.05, 4.69) is 36.9 Å². The molecule has 3 rings (SSSR count). The van der Waals surface area contributed by atoms with Gasteiger partial charge < -0.3 is 15.4 Å². The summed E-state index contributed by atoms with van der Waals surface area (Å²) in [4.78, 5) is 12.1. The highest BCUT2D eigenvalue weighted by molar-refractivity contribution is 9.10. The first kappa shape index (κ1) is 16.9. The second-order valence-electron chi connectivity index (χ2n) is 5.62. The van der Waals surface area contributed by atoms with Crippen LogP contribution >= 0.6 is 15.9 Å². The quantitative estimate of drug-likeness (QED) is 0.730. The molecule has 128 valence electrons. The van der Waals surface area contributed by atoms with Gasteiger partial charge in [0, 0.05) is 4.47 Å². The van der Waals surface area contributed by atoms with Crippen LogP contribution < -0.4 is 15.4 Å². The highest BCUT2D eigenvalue weighted by atomic mass is 79.9. The Morgan fingerprint density at radius 2 is 2.08 bits per heavy atom. The Morgan fingerprint density at radius 1 is 1.33 bits per heavy atom. The largest absolute Gasteiger partial charge is 0.492 e. The molecule has 2 N–H and O–H groups in total. The first-order chi connectivity index (χ1) is 11.7. The molecule has 0 bridgehead atoms. The van der Waals surface area contributed by atoms with Gasteiger partial charge >= 0.3 is 0 Å². The number of carbonyl (C=O) groups excluding carboxylic acids is 1. The molecular weight excluding hydrogens is 374 g/mol. The van der Waals surface area contributed by atoms with Gasteiger partial charge in [-0.1, -0.05) is 21.1 Å². The van der Waals surface area contributed by atoms with E-state index >= 15 is 0 Å². The lowest BCUT2D eigenvalue weighted by molar-refractivity contribution is 0.0942. The highest BCUT2D eigenvalue weighted by Gasteiger charge is 2.18. The SMILES string of the molecule is O=C(NCCOc1ccc(Br)cc1)c1cn(C2CCNCC2)nn1. The molecule has 0 saturated carbocycles. The molecule has 24 heavy (non-hydrogen) atoms. The number of hydrogen-bond acceptors (Lipinski definition) is 5. The summed E-state index contributed by atoms with van der Waals surface area (Å²) in [6, 6.07) is 7.88. The van der Waals surface area contributed by atoms with Gasteiger partial charge in [0.15, 0.2) is 5.69 Å². The predicted molar refractivity (Wildman–Crippen MR) is 93.1 cm³/mol. The average molecular weight is 394 g/mol. The molecule has 1 amide bonds. The molecule has 7 nitrogen and oxygen atoms in total. The number of aromatic nitrogens is 3. The summed E-state index contributed by atoms with van der Waals surface area (Å²) in [6.45, 7) is 2.75.